The lowest BCUT2D eigenvalue weighted by Gasteiger charge is -2.32. The van der Waals surface area contributed by atoms with Gasteiger partial charge in [-0.05, 0) is 12.1 Å². The molecule has 84 valence electrons. The molecule has 1 spiro atoms. The third-order valence-corrected chi connectivity index (χ3v) is 2.94. The maximum absolute atomic E-state index is 11.7. The Morgan fingerprint density at radius 1 is 1.38 bits per heavy atom. The van der Waals surface area contributed by atoms with Crippen LogP contribution in [0.2, 0.25) is 0 Å². The first-order valence-electron chi connectivity index (χ1n) is 5.19. The molecule has 0 aromatic carbocycles. The summed E-state index contributed by atoms with van der Waals surface area (Å²) in [5.74, 6) is -0.201. The number of carbonyl (C=O) groups is 1. The van der Waals surface area contributed by atoms with Gasteiger partial charge in [-0.3, -0.25) is 4.79 Å². The molecular weight excluding hydrogens is 208 g/mol. The van der Waals surface area contributed by atoms with E-state index in [2.05, 4.69) is 4.99 Å². The van der Waals surface area contributed by atoms with Crippen LogP contribution < -0.4 is 0 Å². The molecule has 0 bridgehead atoms. The Morgan fingerprint density at radius 3 is 3.00 bits per heavy atom. The van der Waals surface area contributed by atoms with E-state index in [1.807, 2.05) is 16.8 Å². The summed E-state index contributed by atoms with van der Waals surface area (Å²) in [5, 5.41) is 0. The van der Waals surface area contributed by atoms with Crippen molar-refractivity contribution >= 4 is 12.1 Å². The lowest BCUT2D eigenvalue weighted by atomic mass is 9.91. The SMILES string of the molecule is O=C1N=CC2(COCOC2)Cn2cccc21. The van der Waals surface area contributed by atoms with E-state index in [9.17, 15) is 4.79 Å². The number of rotatable bonds is 0. The number of hydrogen-bond acceptors (Lipinski definition) is 3. The van der Waals surface area contributed by atoms with Crippen molar-refractivity contribution in [3.05, 3.63) is 24.0 Å². The van der Waals surface area contributed by atoms with Crippen molar-refractivity contribution in [2.24, 2.45) is 10.4 Å². The Morgan fingerprint density at radius 2 is 2.19 bits per heavy atom. The van der Waals surface area contributed by atoms with Gasteiger partial charge in [0.2, 0.25) is 0 Å². The maximum Gasteiger partial charge on any atom is 0.293 e. The number of ether oxygens (including phenoxy) is 2. The topological polar surface area (TPSA) is 52.8 Å². The van der Waals surface area contributed by atoms with Gasteiger partial charge in [-0.15, -0.1) is 0 Å². The lowest BCUT2D eigenvalue weighted by molar-refractivity contribution is -0.145. The minimum absolute atomic E-state index is 0.201. The highest BCUT2D eigenvalue weighted by Gasteiger charge is 2.35. The monoisotopic (exact) mass is 220 g/mol. The van der Waals surface area contributed by atoms with Crippen molar-refractivity contribution in [1.82, 2.24) is 4.57 Å². The van der Waals surface area contributed by atoms with Crippen LogP contribution in [-0.2, 0) is 16.0 Å². The van der Waals surface area contributed by atoms with Gasteiger partial charge in [0.25, 0.3) is 5.91 Å². The molecule has 1 saturated heterocycles. The van der Waals surface area contributed by atoms with E-state index in [0.29, 0.717) is 32.2 Å². The molecule has 2 aliphatic rings. The summed E-state index contributed by atoms with van der Waals surface area (Å²) in [6.45, 7) is 2.08. The molecule has 0 unspecified atom stereocenters. The van der Waals surface area contributed by atoms with Gasteiger partial charge in [-0.25, -0.2) is 4.99 Å². The quantitative estimate of drug-likeness (QED) is 0.646. The van der Waals surface area contributed by atoms with Crippen LogP contribution in [0.25, 0.3) is 0 Å². The molecule has 0 aliphatic carbocycles. The summed E-state index contributed by atoms with van der Waals surface area (Å²) >= 11 is 0. The first-order chi connectivity index (χ1) is 7.79. The van der Waals surface area contributed by atoms with Gasteiger partial charge in [0.15, 0.2) is 0 Å². The van der Waals surface area contributed by atoms with Crippen LogP contribution in [0, 0.1) is 5.41 Å². The molecule has 0 atom stereocenters. The number of fused-ring (bicyclic) bond motifs is 1. The van der Waals surface area contributed by atoms with Crippen molar-refractivity contribution in [2.75, 3.05) is 20.0 Å². The first kappa shape index (κ1) is 9.74. The molecule has 1 fully saturated rings. The van der Waals surface area contributed by atoms with Gasteiger partial charge >= 0.3 is 0 Å². The Hall–Kier alpha value is -1.46. The second-order valence-electron chi connectivity index (χ2n) is 4.26. The highest BCUT2D eigenvalue weighted by molar-refractivity contribution is 5.99. The molecule has 2 aliphatic heterocycles. The number of carbonyl (C=O) groups excluding carboxylic acids is 1. The normalized spacial score (nSPS) is 23.1. The Labute approximate surface area is 92.7 Å². The van der Waals surface area contributed by atoms with Crippen molar-refractivity contribution in [1.29, 1.82) is 0 Å². The standard InChI is InChI=1S/C11H12N2O3/c14-10-9-2-1-3-13(9)5-11(4-12-10)6-15-8-16-7-11/h1-4H,5-8H2. The average molecular weight is 220 g/mol. The zero-order valence-corrected chi connectivity index (χ0v) is 8.76. The van der Waals surface area contributed by atoms with E-state index in [4.69, 9.17) is 9.47 Å². The molecule has 5 nitrogen and oxygen atoms in total. The van der Waals surface area contributed by atoms with Gasteiger partial charge in [0.1, 0.15) is 12.5 Å². The van der Waals surface area contributed by atoms with Crippen LogP contribution in [0.15, 0.2) is 23.3 Å². The van der Waals surface area contributed by atoms with Crippen molar-refractivity contribution < 1.29 is 14.3 Å². The van der Waals surface area contributed by atoms with Crippen LogP contribution in [0.3, 0.4) is 0 Å². The summed E-state index contributed by atoms with van der Waals surface area (Å²) in [4.78, 5) is 15.7. The third kappa shape index (κ3) is 1.48. The van der Waals surface area contributed by atoms with Crippen LogP contribution in [-0.4, -0.2) is 36.7 Å². The number of amides is 1. The zero-order valence-electron chi connectivity index (χ0n) is 8.76. The molecule has 3 heterocycles. The molecule has 3 rings (SSSR count). The van der Waals surface area contributed by atoms with Gasteiger partial charge in [0, 0.05) is 19.0 Å². The number of nitrogens with zero attached hydrogens (tertiary/aromatic N) is 2. The molecule has 1 aromatic rings. The smallest absolute Gasteiger partial charge is 0.293 e. The second-order valence-corrected chi connectivity index (χ2v) is 4.26. The fourth-order valence-electron chi connectivity index (χ4n) is 2.14. The Balaban J connectivity index is 2.00. The number of aromatic nitrogens is 1. The van der Waals surface area contributed by atoms with E-state index < -0.39 is 0 Å². The van der Waals surface area contributed by atoms with Crippen molar-refractivity contribution in [2.45, 2.75) is 6.54 Å². The van der Waals surface area contributed by atoms with Crippen LogP contribution in [0.5, 0.6) is 0 Å². The molecule has 1 amide bonds. The summed E-state index contributed by atoms with van der Waals surface area (Å²) < 4.78 is 12.5. The fraction of sp³-hybridized carbons (Fsp3) is 0.455. The lowest BCUT2D eigenvalue weighted by Crippen LogP contribution is -2.41. The van der Waals surface area contributed by atoms with E-state index in [0.717, 1.165) is 0 Å². The van der Waals surface area contributed by atoms with E-state index in [1.54, 1.807) is 12.3 Å². The van der Waals surface area contributed by atoms with Gasteiger partial charge in [-0.2, -0.15) is 0 Å². The highest BCUT2D eigenvalue weighted by atomic mass is 16.7. The predicted molar refractivity (Wildman–Crippen MR) is 56.5 cm³/mol. The number of aliphatic imine (C=N–C) groups is 1. The first-order valence-corrected chi connectivity index (χ1v) is 5.19. The second kappa shape index (κ2) is 3.54. The maximum atomic E-state index is 11.7. The van der Waals surface area contributed by atoms with Crippen LogP contribution in [0.1, 0.15) is 10.5 Å². The van der Waals surface area contributed by atoms with E-state index in [1.165, 1.54) is 0 Å². The highest BCUT2D eigenvalue weighted by Crippen LogP contribution is 2.26. The minimum Gasteiger partial charge on any atom is -0.354 e. The van der Waals surface area contributed by atoms with Crippen LogP contribution >= 0.6 is 0 Å². The zero-order chi connectivity index (χ0) is 11.0. The summed E-state index contributed by atoms with van der Waals surface area (Å²) in [6.07, 6.45) is 3.57. The Bertz CT molecular complexity index is 444. The Kier molecular flexibility index (Phi) is 2.15. The van der Waals surface area contributed by atoms with Crippen LogP contribution in [0.4, 0.5) is 0 Å². The van der Waals surface area contributed by atoms with Crippen molar-refractivity contribution in [3.8, 4) is 0 Å². The fourth-order valence-corrected chi connectivity index (χ4v) is 2.14. The molecule has 0 N–H and O–H groups in total. The van der Waals surface area contributed by atoms with Gasteiger partial charge in [-0.1, -0.05) is 0 Å². The summed E-state index contributed by atoms with van der Waals surface area (Å²) in [6, 6.07) is 3.63. The summed E-state index contributed by atoms with van der Waals surface area (Å²) in [7, 11) is 0. The predicted octanol–water partition coefficient (Wildman–Crippen LogP) is 0.703. The largest absolute Gasteiger partial charge is 0.354 e. The minimum atomic E-state index is -0.307. The van der Waals surface area contributed by atoms with E-state index >= 15 is 0 Å². The number of hydrogen-bond donors (Lipinski definition) is 0. The van der Waals surface area contributed by atoms with Crippen molar-refractivity contribution in [3.63, 3.8) is 0 Å². The molecule has 0 saturated carbocycles. The average Bonchev–Trinajstić information content (AvgIpc) is 2.71. The summed E-state index contributed by atoms with van der Waals surface area (Å²) in [5.41, 5.74) is 0.316. The molecular formula is C11H12N2O3. The van der Waals surface area contributed by atoms with Gasteiger partial charge in [0.05, 0.1) is 18.6 Å². The van der Waals surface area contributed by atoms with E-state index in [-0.39, 0.29) is 11.3 Å². The molecule has 0 radical (unpaired) electrons. The third-order valence-electron chi connectivity index (χ3n) is 2.94. The molecule has 1 aromatic heterocycles. The molecule has 5 heteroatoms. The molecule has 16 heavy (non-hydrogen) atoms. The van der Waals surface area contributed by atoms with Gasteiger partial charge < -0.3 is 14.0 Å².